The minimum absolute atomic E-state index is 0.0724. The molecule has 0 aliphatic carbocycles. The first-order valence-electron chi connectivity index (χ1n) is 15.4. The molecule has 3 N–H and O–H groups in total. The van der Waals surface area contributed by atoms with Crippen molar-refractivity contribution in [2.24, 2.45) is 5.92 Å². The van der Waals surface area contributed by atoms with Crippen molar-refractivity contribution in [3.05, 3.63) is 52.9 Å². The number of hydrogen-bond acceptors (Lipinski definition) is 10. The minimum Gasteiger partial charge on any atom is -0.473 e. The molecule has 2 amide bonds. The third-order valence-corrected chi connectivity index (χ3v) is 9.34. The van der Waals surface area contributed by atoms with Gasteiger partial charge in [0.2, 0.25) is 11.8 Å². The maximum atomic E-state index is 13.9. The molecule has 1 aromatic carbocycles. The lowest BCUT2D eigenvalue weighted by Gasteiger charge is -2.29. The van der Waals surface area contributed by atoms with Crippen molar-refractivity contribution in [1.82, 2.24) is 25.7 Å². The summed E-state index contributed by atoms with van der Waals surface area (Å²) in [6, 6.07) is 8.57. The number of amides is 2. The van der Waals surface area contributed by atoms with Crippen LogP contribution in [-0.2, 0) is 14.3 Å². The first-order chi connectivity index (χ1) is 21.2. The third kappa shape index (κ3) is 7.66. The summed E-state index contributed by atoms with van der Waals surface area (Å²) in [4.78, 5) is 34.3. The fraction of sp³-hybridized carbons (Fsp3) is 0.562. The summed E-state index contributed by atoms with van der Waals surface area (Å²) in [7, 11) is 0. The molecule has 2 aliphatic rings. The summed E-state index contributed by atoms with van der Waals surface area (Å²) in [6.07, 6.45) is 1.57. The number of nitrogens with one attached hydrogen (secondary N) is 2. The zero-order valence-corrected chi connectivity index (χ0v) is 26.6. The standard InChI is InChI=1S/C32H43N5O6S/c1-19(2)29(27-16-28(36-43-27)42-14-13-41-25-9-11-33-12-10-25)32(40)37-17-24(38)15-26(37)31(39)35-20(3)22-5-7-23(8-6-22)30-21(4)34-18-44-30/h5-8,16,18-20,24-26,29,33,38H,9-15,17H2,1-4H3,(H,35,39)/t20-,24+,26-,29+/m0/s1. The number of aliphatic hydroxyl groups excluding tert-OH is 1. The lowest BCUT2D eigenvalue weighted by molar-refractivity contribution is -0.141. The number of carbonyl (C=O) groups is 2. The molecule has 11 nitrogen and oxygen atoms in total. The zero-order valence-electron chi connectivity index (χ0n) is 25.8. The van der Waals surface area contributed by atoms with E-state index in [4.69, 9.17) is 14.0 Å². The molecule has 2 aromatic heterocycles. The fourth-order valence-corrected chi connectivity index (χ4v) is 6.74. The van der Waals surface area contributed by atoms with E-state index in [9.17, 15) is 14.7 Å². The van der Waals surface area contributed by atoms with Gasteiger partial charge in [0.05, 0.1) is 40.9 Å². The fourth-order valence-electron chi connectivity index (χ4n) is 5.92. The topological polar surface area (TPSA) is 139 Å². The van der Waals surface area contributed by atoms with Crippen molar-refractivity contribution in [2.75, 3.05) is 32.8 Å². The van der Waals surface area contributed by atoms with E-state index in [0.717, 1.165) is 47.6 Å². The Hall–Kier alpha value is -3.32. The molecule has 4 atom stereocenters. The largest absolute Gasteiger partial charge is 0.473 e. The van der Waals surface area contributed by atoms with Gasteiger partial charge in [0, 0.05) is 19.0 Å². The quantitative estimate of drug-likeness (QED) is 0.256. The van der Waals surface area contributed by atoms with Crippen LogP contribution in [0, 0.1) is 12.8 Å². The molecular formula is C32H43N5O6S. The molecule has 5 rings (SSSR count). The van der Waals surface area contributed by atoms with Crippen molar-refractivity contribution >= 4 is 23.2 Å². The van der Waals surface area contributed by atoms with Gasteiger partial charge >= 0.3 is 0 Å². The highest BCUT2D eigenvalue weighted by Crippen LogP contribution is 2.33. The van der Waals surface area contributed by atoms with Gasteiger partial charge in [-0.05, 0) is 62.0 Å². The predicted octanol–water partition coefficient (Wildman–Crippen LogP) is 3.83. The van der Waals surface area contributed by atoms with Gasteiger partial charge < -0.3 is 34.6 Å². The molecule has 4 heterocycles. The Morgan fingerprint density at radius 3 is 2.61 bits per heavy atom. The molecule has 0 radical (unpaired) electrons. The Morgan fingerprint density at radius 1 is 1.18 bits per heavy atom. The van der Waals surface area contributed by atoms with Gasteiger partial charge in [-0.1, -0.05) is 38.1 Å². The molecule has 3 aromatic rings. The van der Waals surface area contributed by atoms with Gasteiger partial charge in [-0.3, -0.25) is 9.59 Å². The van der Waals surface area contributed by atoms with Crippen molar-refractivity contribution in [2.45, 2.75) is 77.2 Å². The number of aromatic nitrogens is 2. The lowest BCUT2D eigenvalue weighted by Crippen LogP contribution is -2.48. The van der Waals surface area contributed by atoms with Crippen LogP contribution >= 0.6 is 11.3 Å². The molecule has 0 bridgehead atoms. The highest BCUT2D eigenvalue weighted by atomic mass is 32.1. The Labute approximate surface area is 262 Å². The SMILES string of the molecule is Cc1ncsc1-c1ccc([C@H](C)NC(=O)[C@@H]2C[C@@H](O)CN2C(=O)[C@@H](c2cc(OCCOC3CCNCC3)no2)C(C)C)cc1. The van der Waals surface area contributed by atoms with Crippen LogP contribution in [0.15, 0.2) is 40.4 Å². The second-order valence-corrected chi connectivity index (χ2v) is 12.8. The van der Waals surface area contributed by atoms with E-state index >= 15 is 0 Å². The number of benzene rings is 1. The highest BCUT2D eigenvalue weighted by molar-refractivity contribution is 7.13. The monoisotopic (exact) mass is 625 g/mol. The molecule has 0 spiro atoms. The second-order valence-electron chi connectivity index (χ2n) is 12.0. The van der Waals surface area contributed by atoms with Gasteiger partial charge in [-0.2, -0.15) is 0 Å². The Kier molecular flexibility index (Phi) is 10.7. The average Bonchev–Trinajstić information content (AvgIpc) is 3.76. The van der Waals surface area contributed by atoms with Gasteiger partial charge in [-0.15, -0.1) is 11.3 Å². The van der Waals surface area contributed by atoms with E-state index in [0.29, 0.717) is 19.0 Å². The number of aliphatic hydroxyl groups is 1. The maximum Gasteiger partial charge on any atom is 0.254 e. The number of piperidine rings is 1. The van der Waals surface area contributed by atoms with Crippen LogP contribution in [0.5, 0.6) is 5.88 Å². The van der Waals surface area contributed by atoms with Crippen LogP contribution in [0.4, 0.5) is 0 Å². The summed E-state index contributed by atoms with van der Waals surface area (Å²) in [6.45, 7) is 10.5. The molecule has 0 unspecified atom stereocenters. The van der Waals surface area contributed by atoms with Crippen LogP contribution in [0.1, 0.15) is 69.0 Å². The molecule has 238 valence electrons. The number of carbonyl (C=O) groups excluding carboxylic acids is 2. The first-order valence-corrected chi connectivity index (χ1v) is 16.3. The molecule has 12 heteroatoms. The van der Waals surface area contributed by atoms with Crippen molar-refractivity contribution in [3.8, 4) is 16.3 Å². The summed E-state index contributed by atoms with van der Waals surface area (Å²) >= 11 is 1.59. The smallest absolute Gasteiger partial charge is 0.254 e. The van der Waals surface area contributed by atoms with Crippen LogP contribution in [0.2, 0.25) is 0 Å². The van der Waals surface area contributed by atoms with E-state index in [2.05, 4.69) is 20.8 Å². The Morgan fingerprint density at radius 2 is 1.93 bits per heavy atom. The molecule has 2 aliphatic heterocycles. The van der Waals surface area contributed by atoms with Gasteiger partial charge in [0.25, 0.3) is 5.88 Å². The first kappa shape index (κ1) is 32.1. The van der Waals surface area contributed by atoms with E-state index in [1.165, 1.54) is 4.90 Å². The minimum atomic E-state index is -0.800. The van der Waals surface area contributed by atoms with Crippen LogP contribution < -0.4 is 15.4 Å². The summed E-state index contributed by atoms with van der Waals surface area (Å²) in [5.41, 5.74) is 4.83. The number of aryl methyl sites for hydroxylation is 1. The summed E-state index contributed by atoms with van der Waals surface area (Å²) in [5, 5.41) is 20.9. The van der Waals surface area contributed by atoms with E-state index in [1.54, 1.807) is 17.4 Å². The zero-order chi connectivity index (χ0) is 31.2. The number of ether oxygens (including phenoxy) is 2. The van der Waals surface area contributed by atoms with Crippen molar-refractivity contribution < 1.29 is 28.7 Å². The number of nitrogens with zero attached hydrogens (tertiary/aromatic N) is 3. The number of β-amino-alcohol motifs (C(OH)–C–C–N with tert-alkyl or cyclic N) is 1. The third-order valence-electron chi connectivity index (χ3n) is 8.36. The number of thiazole rings is 1. The number of likely N-dealkylation sites (tertiary alicyclic amines) is 1. The normalized spacial score (nSPS) is 20.5. The van der Waals surface area contributed by atoms with Gasteiger partial charge in [0.1, 0.15) is 18.6 Å². The number of hydrogen-bond donors (Lipinski definition) is 3. The Bertz CT molecular complexity index is 1390. The van der Waals surface area contributed by atoms with E-state index in [-0.39, 0.29) is 48.7 Å². The highest BCUT2D eigenvalue weighted by Gasteiger charge is 2.43. The molecule has 2 fully saturated rings. The van der Waals surface area contributed by atoms with Crippen molar-refractivity contribution in [1.29, 1.82) is 0 Å². The lowest BCUT2D eigenvalue weighted by atomic mass is 9.91. The average molecular weight is 626 g/mol. The maximum absolute atomic E-state index is 13.9. The van der Waals surface area contributed by atoms with Gasteiger partial charge in [-0.25, -0.2) is 4.98 Å². The molecule has 2 saturated heterocycles. The summed E-state index contributed by atoms with van der Waals surface area (Å²) < 4.78 is 17.2. The van der Waals surface area contributed by atoms with Crippen LogP contribution in [0.25, 0.3) is 10.4 Å². The molecular weight excluding hydrogens is 582 g/mol. The van der Waals surface area contributed by atoms with E-state index < -0.39 is 18.1 Å². The van der Waals surface area contributed by atoms with Crippen molar-refractivity contribution in [3.63, 3.8) is 0 Å². The van der Waals surface area contributed by atoms with Gasteiger partial charge in [0.15, 0.2) is 5.76 Å². The Balaban J connectivity index is 1.19. The predicted molar refractivity (Wildman–Crippen MR) is 166 cm³/mol. The molecule has 44 heavy (non-hydrogen) atoms. The summed E-state index contributed by atoms with van der Waals surface area (Å²) in [5.74, 6) is -0.773. The van der Waals surface area contributed by atoms with Crippen LogP contribution in [0.3, 0.4) is 0 Å². The second kappa shape index (κ2) is 14.6. The number of rotatable bonds is 12. The van der Waals surface area contributed by atoms with Crippen LogP contribution in [-0.4, -0.2) is 83.1 Å². The van der Waals surface area contributed by atoms with E-state index in [1.807, 2.05) is 57.5 Å². The molecule has 0 saturated carbocycles.